The molecule has 2 aliphatic rings. The lowest BCUT2D eigenvalue weighted by Crippen LogP contribution is -2.63. The minimum absolute atomic E-state index is 0.0352. The molecule has 1 heterocycles. The molecule has 1 aliphatic carbocycles. The van der Waals surface area contributed by atoms with Gasteiger partial charge in [0.25, 0.3) is 0 Å². The number of benzene rings is 2. The molecule has 0 radical (unpaired) electrons. The number of aliphatic hydroxyl groups is 1. The van der Waals surface area contributed by atoms with Crippen molar-refractivity contribution in [2.75, 3.05) is 11.9 Å². The van der Waals surface area contributed by atoms with Crippen molar-refractivity contribution in [2.24, 2.45) is 5.41 Å². The second kappa shape index (κ2) is 8.13. The fourth-order valence-electron chi connectivity index (χ4n) is 5.32. The van der Waals surface area contributed by atoms with Crippen molar-refractivity contribution in [1.82, 2.24) is 5.32 Å². The Morgan fingerprint density at radius 2 is 1.76 bits per heavy atom. The molecule has 2 aromatic rings. The van der Waals surface area contributed by atoms with Crippen molar-refractivity contribution < 1.29 is 9.90 Å². The van der Waals surface area contributed by atoms with Crippen LogP contribution in [-0.2, 0) is 16.8 Å². The lowest BCUT2D eigenvalue weighted by atomic mass is 9.59. The molecular weight excluding hydrogens is 360 g/mol. The second-order valence-electron chi connectivity index (χ2n) is 8.38. The highest BCUT2D eigenvalue weighted by Crippen LogP contribution is 2.55. The normalized spacial score (nSPS) is 23.8. The third kappa shape index (κ3) is 3.30. The van der Waals surface area contributed by atoms with E-state index >= 15 is 0 Å². The van der Waals surface area contributed by atoms with Crippen LogP contribution in [0.15, 0.2) is 67.3 Å². The lowest BCUT2D eigenvalue weighted by Gasteiger charge is -2.49. The fourth-order valence-corrected chi connectivity index (χ4v) is 5.32. The smallest absolute Gasteiger partial charge is 0.250 e. The summed E-state index contributed by atoms with van der Waals surface area (Å²) in [5.74, 6) is -0.0352. The molecule has 2 aromatic carbocycles. The van der Waals surface area contributed by atoms with Crippen LogP contribution >= 0.6 is 0 Å². The molecule has 152 valence electrons. The van der Waals surface area contributed by atoms with E-state index in [1.807, 2.05) is 48.5 Å². The highest BCUT2D eigenvalue weighted by molar-refractivity contribution is 6.07. The minimum atomic E-state index is -0.923. The van der Waals surface area contributed by atoms with Crippen molar-refractivity contribution in [1.29, 1.82) is 0 Å². The van der Waals surface area contributed by atoms with Crippen LogP contribution in [-0.4, -0.2) is 23.7 Å². The van der Waals surface area contributed by atoms with Gasteiger partial charge in [-0.15, -0.1) is 6.58 Å². The van der Waals surface area contributed by atoms with Gasteiger partial charge in [-0.2, -0.15) is 0 Å². The van der Waals surface area contributed by atoms with Crippen LogP contribution < -0.4 is 10.6 Å². The van der Waals surface area contributed by atoms with Crippen molar-refractivity contribution in [3.8, 4) is 0 Å². The monoisotopic (exact) mass is 390 g/mol. The second-order valence-corrected chi connectivity index (χ2v) is 8.38. The van der Waals surface area contributed by atoms with Crippen LogP contribution in [0.25, 0.3) is 0 Å². The van der Waals surface area contributed by atoms with E-state index in [1.165, 1.54) is 6.42 Å². The third-order valence-corrected chi connectivity index (χ3v) is 6.77. The molecule has 4 rings (SSSR count). The van der Waals surface area contributed by atoms with Gasteiger partial charge in [-0.3, -0.25) is 10.1 Å². The quantitative estimate of drug-likeness (QED) is 0.622. The van der Waals surface area contributed by atoms with Crippen LogP contribution in [0.2, 0.25) is 0 Å². The van der Waals surface area contributed by atoms with E-state index < -0.39 is 5.54 Å². The van der Waals surface area contributed by atoms with Gasteiger partial charge >= 0.3 is 0 Å². The zero-order chi connectivity index (χ0) is 20.3. The van der Waals surface area contributed by atoms with E-state index in [-0.39, 0.29) is 24.0 Å². The number of carbonyl (C=O) groups is 1. The Hall–Kier alpha value is -2.43. The molecular formula is C25H30N2O2. The summed E-state index contributed by atoms with van der Waals surface area (Å²) in [6.07, 6.45) is 7.81. The molecule has 1 saturated carbocycles. The SMILES string of the molecule is C=CC1([C@@]2(N[C@H](CO)Cc3ccccc3)C(=O)Nc3ccccc32)CCCCC1. The van der Waals surface area contributed by atoms with Crippen LogP contribution in [0.4, 0.5) is 5.69 Å². The van der Waals surface area contributed by atoms with E-state index in [2.05, 4.69) is 29.3 Å². The first-order valence-electron chi connectivity index (χ1n) is 10.6. The molecule has 0 saturated heterocycles. The Bertz CT molecular complexity index is 873. The average molecular weight is 391 g/mol. The Kier molecular flexibility index (Phi) is 5.57. The summed E-state index contributed by atoms with van der Waals surface area (Å²) in [6.45, 7) is 4.15. The molecule has 0 spiro atoms. The zero-order valence-corrected chi connectivity index (χ0v) is 16.9. The molecule has 0 aromatic heterocycles. The Balaban J connectivity index is 1.79. The van der Waals surface area contributed by atoms with E-state index in [0.29, 0.717) is 6.42 Å². The maximum Gasteiger partial charge on any atom is 0.250 e. The van der Waals surface area contributed by atoms with Gasteiger partial charge in [0.15, 0.2) is 0 Å². The first-order chi connectivity index (χ1) is 14.1. The van der Waals surface area contributed by atoms with Gasteiger partial charge in [-0.25, -0.2) is 0 Å². The number of rotatable bonds is 7. The maximum absolute atomic E-state index is 13.6. The van der Waals surface area contributed by atoms with Gasteiger partial charge in [0.1, 0.15) is 5.54 Å². The summed E-state index contributed by atoms with van der Waals surface area (Å²) >= 11 is 0. The van der Waals surface area contributed by atoms with E-state index in [1.54, 1.807) is 0 Å². The molecule has 0 bridgehead atoms. The third-order valence-electron chi connectivity index (χ3n) is 6.77. The van der Waals surface area contributed by atoms with Gasteiger partial charge in [-0.05, 0) is 30.9 Å². The Morgan fingerprint density at radius 1 is 1.07 bits per heavy atom. The summed E-state index contributed by atoms with van der Waals surface area (Å²) in [5, 5.41) is 17.0. The molecule has 4 heteroatoms. The molecule has 3 N–H and O–H groups in total. The van der Waals surface area contributed by atoms with Crippen molar-refractivity contribution >= 4 is 11.6 Å². The van der Waals surface area contributed by atoms with Crippen LogP contribution in [0.3, 0.4) is 0 Å². The molecule has 2 atom stereocenters. The van der Waals surface area contributed by atoms with Crippen LogP contribution in [0.5, 0.6) is 0 Å². The van der Waals surface area contributed by atoms with Crippen molar-refractivity contribution in [3.05, 3.63) is 78.4 Å². The Labute approximate surface area is 173 Å². The highest BCUT2D eigenvalue weighted by atomic mass is 16.3. The summed E-state index contributed by atoms with van der Waals surface area (Å²) in [4.78, 5) is 13.6. The van der Waals surface area contributed by atoms with Crippen LogP contribution in [0, 0.1) is 5.41 Å². The molecule has 1 fully saturated rings. The fraction of sp³-hybridized carbons (Fsp3) is 0.400. The van der Waals surface area contributed by atoms with Gasteiger partial charge < -0.3 is 10.4 Å². The average Bonchev–Trinajstić information content (AvgIpc) is 3.07. The number of fused-ring (bicyclic) bond motifs is 1. The zero-order valence-electron chi connectivity index (χ0n) is 16.9. The van der Waals surface area contributed by atoms with E-state index in [0.717, 1.165) is 42.5 Å². The van der Waals surface area contributed by atoms with Crippen molar-refractivity contribution in [2.45, 2.75) is 50.1 Å². The number of aliphatic hydroxyl groups excluding tert-OH is 1. The van der Waals surface area contributed by atoms with E-state index in [9.17, 15) is 9.90 Å². The number of para-hydroxylation sites is 1. The number of carbonyl (C=O) groups excluding carboxylic acids is 1. The largest absolute Gasteiger partial charge is 0.395 e. The number of hydrogen-bond donors (Lipinski definition) is 3. The highest BCUT2D eigenvalue weighted by Gasteiger charge is 2.60. The van der Waals surface area contributed by atoms with Gasteiger partial charge in [0.2, 0.25) is 5.91 Å². The standard InChI is InChI=1S/C25H30N2O2/c1-2-24(15-9-4-10-16-24)25(21-13-7-8-14-22(21)26-23(25)29)27-20(18-28)17-19-11-5-3-6-12-19/h2-3,5-8,11-14,20,27-28H,1,4,9-10,15-18H2,(H,26,29)/t20-,25-/m0/s1. The number of nitrogens with one attached hydrogen (secondary N) is 2. The molecule has 0 unspecified atom stereocenters. The van der Waals surface area contributed by atoms with Crippen molar-refractivity contribution in [3.63, 3.8) is 0 Å². The van der Waals surface area contributed by atoms with Gasteiger partial charge in [-0.1, -0.05) is 73.9 Å². The summed E-state index contributed by atoms with van der Waals surface area (Å²) in [7, 11) is 0. The summed E-state index contributed by atoms with van der Waals surface area (Å²) in [6, 6.07) is 17.8. The number of hydrogen-bond acceptors (Lipinski definition) is 3. The Morgan fingerprint density at radius 3 is 2.45 bits per heavy atom. The summed E-state index contributed by atoms with van der Waals surface area (Å²) in [5.41, 5.74) is 1.66. The maximum atomic E-state index is 13.6. The topological polar surface area (TPSA) is 61.4 Å². The van der Waals surface area contributed by atoms with E-state index in [4.69, 9.17) is 0 Å². The first-order valence-corrected chi connectivity index (χ1v) is 10.6. The van der Waals surface area contributed by atoms with Gasteiger partial charge in [0, 0.05) is 22.7 Å². The lowest BCUT2D eigenvalue weighted by molar-refractivity contribution is -0.128. The molecule has 1 amide bonds. The number of anilines is 1. The van der Waals surface area contributed by atoms with Gasteiger partial charge in [0.05, 0.1) is 6.61 Å². The predicted molar refractivity (Wildman–Crippen MR) is 117 cm³/mol. The first kappa shape index (κ1) is 19.9. The molecule has 1 aliphatic heterocycles. The van der Waals surface area contributed by atoms with Crippen LogP contribution in [0.1, 0.15) is 43.2 Å². The molecule has 4 nitrogen and oxygen atoms in total. The minimum Gasteiger partial charge on any atom is -0.395 e. The number of amides is 1. The predicted octanol–water partition coefficient (Wildman–Crippen LogP) is 4.16. The summed E-state index contributed by atoms with van der Waals surface area (Å²) < 4.78 is 0. The molecule has 29 heavy (non-hydrogen) atoms.